The van der Waals surface area contributed by atoms with Gasteiger partial charge in [0.25, 0.3) is 5.56 Å². The lowest BCUT2D eigenvalue weighted by atomic mass is 10.2. The Hall–Kier alpha value is -0.700. The van der Waals surface area contributed by atoms with Gasteiger partial charge in [-0.15, -0.1) is 11.3 Å². The van der Waals surface area contributed by atoms with Gasteiger partial charge in [0.05, 0.1) is 5.01 Å². The van der Waals surface area contributed by atoms with E-state index in [1.165, 1.54) is 0 Å². The molecule has 0 saturated heterocycles. The van der Waals surface area contributed by atoms with Gasteiger partial charge >= 0.3 is 0 Å². The Morgan fingerprint density at radius 2 is 2.18 bits per heavy atom. The van der Waals surface area contributed by atoms with E-state index in [2.05, 4.69) is 18.8 Å². The Morgan fingerprint density at radius 3 is 2.64 bits per heavy atom. The molecule has 0 N–H and O–H groups in total. The van der Waals surface area contributed by atoms with Crippen LogP contribution < -0.4 is 5.56 Å². The molecular formula is C8H11NOS. The summed E-state index contributed by atoms with van der Waals surface area (Å²) in [5, 5.41) is 0.848. The molecule has 0 radical (unpaired) electrons. The molecule has 60 valence electrons. The van der Waals surface area contributed by atoms with E-state index in [-0.39, 0.29) is 5.56 Å². The van der Waals surface area contributed by atoms with E-state index in [1.807, 2.05) is 6.92 Å². The highest BCUT2D eigenvalue weighted by Crippen LogP contribution is 2.17. The minimum absolute atomic E-state index is 0.120. The molecule has 11 heavy (non-hydrogen) atoms. The van der Waals surface area contributed by atoms with Crippen LogP contribution in [-0.4, -0.2) is 4.98 Å². The van der Waals surface area contributed by atoms with Crippen LogP contribution in [0.3, 0.4) is 0 Å². The van der Waals surface area contributed by atoms with Gasteiger partial charge in [-0.1, -0.05) is 13.8 Å². The van der Waals surface area contributed by atoms with Crippen molar-refractivity contribution in [3.63, 3.8) is 0 Å². The molecule has 0 aromatic carbocycles. The number of nitrogens with zero attached hydrogens (tertiary/aromatic N) is 1. The molecule has 3 heteroatoms. The van der Waals surface area contributed by atoms with Gasteiger partial charge in [0.2, 0.25) is 0 Å². The van der Waals surface area contributed by atoms with Gasteiger partial charge < -0.3 is 0 Å². The summed E-state index contributed by atoms with van der Waals surface area (Å²) in [7, 11) is 0. The second-order valence-corrected chi connectivity index (χ2v) is 4.04. The Morgan fingerprint density at radius 1 is 1.55 bits per heavy atom. The second-order valence-electron chi connectivity index (χ2n) is 2.77. The lowest BCUT2D eigenvalue weighted by Gasteiger charge is -2.02. The summed E-state index contributed by atoms with van der Waals surface area (Å²) in [6.07, 6.45) is 0. The predicted molar refractivity (Wildman–Crippen MR) is 47.2 cm³/mol. The Labute approximate surface area is 69.9 Å². The van der Waals surface area contributed by atoms with E-state index < -0.39 is 0 Å². The quantitative estimate of drug-likeness (QED) is 0.643. The molecule has 1 heterocycles. The van der Waals surface area contributed by atoms with Crippen LogP contribution >= 0.6 is 11.3 Å². The van der Waals surface area contributed by atoms with Crippen molar-refractivity contribution in [3.05, 3.63) is 26.3 Å². The van der Waals surface area contributed by atoms with Crippen molar-refractivity contribution in [2.75, 3.05) is 0 Å². The van der Waals surface area contributed by atoms with Gasteiger partial charge in [-0.05, 0) is 12.8 Å². The minimum atomic E-state index is -0.120. The summed E-state index contributed by atoms with van der Waals surface area (Å²) >= 11 is 1.59. The van der Waals surface area contributed by atoms with Gasteiger partial charge in [-0.3, -0.25) is 4.79 Å². The summed E-state index contributed by atoms with van der Waals surface area (Å²) in [5.41, 5.74) is -0.120. The summed E-state index contributed by atoms with van der Waals surface area (Å²) < 4.78 is 0. The average Bonchev–Trinajstić information content (AvgIpc) is 1.85. The molecule has 2 nitrogen and oxygen atoms in total. The van der Waals surface area contributed by atoms with E-state index in [9.17, 15) is 4.79 Å². The third-order valence-electron chi connectivity index (χ3n) is 1.37. The molecular weight excluding hydrogens is 158 g/mol. The summed E-state index contributed by atoms with van der Waals surface area (Å²) in [4.78, 5) is 15.8. The molecule has 0 aliphatic heterocycles. The fourth-order valence-electron chi connectivity index (χ4n) is 0.817. The maximum Gasteiger partial charge on any atom is 0.271 e. The van der Waals surface area contributed by atoms with Crippen molar-refractivity contribution < 1.29 is 0 Å². The first-order chi connectivity index (χ1) is 5.09. The van der Waals surface area contributed by atoms with Gasteiger partial charge in [0.15, 0.2) is 0 Å². The van der Waals surface area contributed by atoms with E-state index in [1.54, 1.807) is 17.4 Å². The number of aromatic nitrogens is 1. The molecule has 0 fully saturated rings. The molecule has 0 atom stereocenters. The third-order valence-corrected chi connectivity index (χ3v) is 2.58. The van der Waals surface area contributed by atoms with Gasteiger partial charge in [0, 0.05) is 10.9 Å². The molecule has 0 bridgehead atoms. The van der Waals surface area contributed by atoms with E-state index in [0.29, 0.717) is 5.92 Å². The zero-order chi connectivity index (χ0) is 8.43. The van der Waals surface area contributed by atoms with E-state index in [0.717, 1.165) is 9.88 Å². The van der Waals surface area contributed by atoms with Crippen LogP contribution in [0.4, 0.5) is 0 Å². The monoisotopic (exact) mass is 169 g/mol. The zero-order valence-electron chi connectivity index (χ0n) is 6.92. The second kappa shape index (κ2) is 3.13. The fraction of sp³-hybridized carbons (Fsp3) is 0.500. The Balaban J connectivity index is 3.19. The summed E-state index contributed by atoms with van der Waals surface area (Å²) in [6, 6.07) is 1.61. The van der Waals surface area contributed by atoms with Gasteiger partial charge in [-0.2, -0.15) is 0 Å². The maximum atomic E-state index is 10.9. The Kier molecular flexibility index (Phi) is 2.39. The normalized spacial score (nSPS) is 10.5. The largest absolute Gasteiger partial charge is 0.271 e. The van der Waals surface area contributed by atoms with Crippen molar-refractivity contribution in [1.82, 2.24) is 4.98 Å². The SMILES string of the molecule is Cc1nc(=O)cc(C(C)C)s1. The first kappa shape index (κ1) is 8.40. The van der Waals surface area contributed by atoms with E-state index in [4.69, 9.17) is 0 Å². The molecule has 0 aliphatic carbocycles. The number of rotatable bonds is 1. The Bertz CT molecular complexity index is 303. The molecule has 1 aromatic rings. The van der Waals surface area contributed by atoms with Crippen LogP contribution in [0.5, 0.6) is 0 Å². The van der Waals surface area contributed by atoms with Crippen molar-refractivity contribution in [2.24, 2.45) is 0 Å². The van der Waals surface area contributed by atoms with Crippen LogP contribution in [0.25, 0.3) is 0 Å². The number of hydrogen-bond acceptors (Lipinski definition) is 3. The van der Waals surface area contributed by atoms with E-state index >= 15 is 0 Å². The van der Waals surface area contributed by atoms with Crippen LogP contribution in [-0.2, 0) is 0 Å². The molecule has 1 rings (SSSR count). The maximum absolute atomic E-state index is 10.9. The first-order valence-corrected chi connectivity index (χ1v) is 4.40. The zero-order valence-corrected chi connectivity index (χ0v) is 7.73. The standard InChI is InChI=1S/C8H11NOS/c1-5(2)7-4-8(10)9-6(3)11-7/h4-5H,1-3H3. The van der Waals surface area contributed by atoms with Crippen LogP contribution in [0.2, 0.25) is 0 Å². The highest BCUT2D eigenvalue weighted by Gasteiger charge is 2.01. The lowest BCUT2D eigenvalue weighted by Crippen LogP contribution is -2.05. The molecule has 0 spiro atoms. The third kappa shape index (κ3) is 2.12. The molecule has 0 aliphatic rings. The predicted octanol–water partition coefficient (Wildman–Crippen LogP) is 1.94. The minimum Gasteiger partial charge on any atom is -0.267 e. The van der Waals surface area contributed by atoms with Gasteiger partial charge in [0.1, 0.15) is 0 Å². The molecule has 0 unspecified atom stereocenters. The smallest absolute Gasteiger partial charge is 0.267 e. The fourth-order valence-corrected chi connectivity index (χ4v) is 1.69. The summed E-state index contributed by atoms with van der Waals surface area (Å²) in [6.45, 7) is 6.01. The highest BCUT2D eigenvalue weighted by atomic mass is 32.1. The van der Waals surface area contributed by atoms with Crippen molar-refractivity contribution >= 4 is 11.3 Å². The van der Waals surface area contributed by atoms with Crippen molar-refractivity contribution in [2.45, 2.75) is 26.7 Å². The molecule has 1 aromatic heterocycles. The van der Waals surface area contributed by atoms with Crippen LogP contribution in [0, 0.1) is 6.92 Å². The molecule has 0 saturated carbocycles. The number of aryl methyl sites for hydroxylation is 1. The van der Waals surface area contributed by atoms with Crippen molar-refractivity contribution in [1.29, 1.82) is 0 Å². The number of hydrogen-bond donors (Lipinski definition) is 0. The average molecular weight is 169 g/mol. The highest BCUT2D eigenvalue weighted by molar-refractivity contribution is 7.11. The first-order valence-electron chi connectivity index (χ1n) is 3.58. The van der Waals surface area contributed by atoms with Crippen LogP contribution in [0.15, 0.2) is 10.9 Å². The van der Waals surface area contributed by atoms with Crippen LogP contribution in [0.1, 0.15) is 29.7 Å². The summed E-state index contributed by atoms with van der Waals surface area (Å²) in [5.74, 6) is 0.425. The van der Waals surface area contributed by atoms with Gasteiger partial charge in [-0.25, -0.2) is 4.98 Å². The lowest BCUT2D eigenvalue weighted by molar-refractivity contribution is 0.883. The molecule has 0 amide bonds. The van der Waals surface area contributed by atoms with Crippen molar-refractivity contribution in [3.8, 4) is 0 Å². The topological polar surface area (TPSA) is 30.0 Å².